The fraction of sp³-hybridized carbons (Fsp3) is 0.400. The van der Waals surface area contributed by atoms with Crippen LogP contribution in [0.1, 0.15) is 49.8 Å². The van der Waals surface area contributed by atoms with Crippen LogP contribution in [0.5, 0.6) is 5.75 Å². The van der Waals surface area contributed by atoms with Crippen LogP contribution in [-0.4, -0.2) is 28.2 Å². The van der Waals surface area contributed by atoms with Gasteiger partial charge in [-0.2, -0.15) is 0 Å². The smallest absolute Gasteiger partial charge is 0.347 e. The molecule has 1 aliphatic rings. The molecule has 1 aromatic heterocycles. The predicted molar refractivity (Wildman–Crippen MR) is 97.1 cm³/mol. The molecule has 6 nitrogen and oxygen atoms in total. The van der Waals surface area contributed by atoms with Crippen molar-refractivity contribution in [2.75, 3.05) is 0 Å². The Bertz CT molecular complexity index is 966. The summed E-state index contributed by atoms with van der Waals surface area (Å²) in [6.45, 7) is 7.00. The molecule has 3 atom stereocenters. The quantitative estimate of drug-likeness (QED) is 0.819. The Morgan fingerprint density at radius 2 is 1.92 bits per heavy atom. The van der Waals surface area contributed by atoms with E-state index in [1.54, 1.807) is 26.8 Å². The maximum absolute atomic E-state index is 12.4. The number of aliphatic hydroxyl groups is 1. The van der Waals surface area contributed by atoms with Crippen LogP contribution in [0.4, 0.5) is 0 Å². The minimum Gasteiger partial charge on any atom is -0.508 e. The maximum Gasteiger partial charge on any atom is 0.347 e. The second-order valence-corrected chi connectivity index (χ2v) is 6.93. The molecule has 0 spiro atoms. The number of phenols is 1. The molecule has 1 aromatic carbocycles. The molecule has 0 amide bonds. The highest BCUT2D eigenvalue weighted by Crippen LogP contribution is 2.36. The van der Waals surface area contributed by atoms with Gasteiger partial charge in [0.2, 0.25) is 0 Å². The number of rotatable bonds is 3. The van der Waals surface area contributed by atoms with E-state index in [9.17, 15) is 19.8 Å². The number of benzene rings is 1. The molecule has 0 radical (unpaired) electrons. The van der Waals surface area contributed by atoms with Crippen molar-refractivity contribution in [2.45, 2.75) is 52.2 Å². The average Bonchev–Trinajstić information content (AvgIpc) is 2.54. The molecule has 138 valence electrons. The number of aromatic hydroxyl groups is 1. The molecule has 2 aromatic rings. The molecule has 0 fully saturated rings. The van der Waals surface area contributed by atoms with E-state index in [-0.39, 0.29) is 46.9 Å². The molecule has 2 heterocycles. The SMILES string of the molecule is Cc1c(O)cc2oc(=O)c(C3=CC(=O)CC(C)O3)cc2c1C(C)C(C)O. The van der Waals surface area contributed by atoms with Crippen molar-refractivity contribution in [1.29, 1.82) is 0 Å². The minimum atomic E-state index is -0.666. The van der Waals surface area contributed by atoms with Crippen LogP contribution in [0.2, 0.25) is 0 Å². The number of ether oxygens (including phenoxy) is 1. The van der Waals surface area contributed by atoms with E-state index in [4.69, 9.17) is 9.15 Å². The summed E-state index contributed by atoms with van der Waals surface area (Å²) in [6.07, 6.45) is 0.582. The van der Waals surface area contributed by atoms with E-state index in [1.165, 1.54) is 12.1 Å². The fourth-order valence-corrected chi connectivity index (χ4v) is 3.30. The van der Waals surface area contributed by atoms with Crippen LogP contribution in [-0.2, 0) is 9.53 Å². The topological polar surface area (TPSA) is 97.0 Å². The van der Waals surface area contributed by atoms with Crippen molar-refractivity contribution < 1.29 is 24.2 Å². The summed E-state index contributed by atoms with van der Waals surface area (Å²) in [7, 11) is 0. The lowest BCUT2D eigenvalue weighted by molar-refractivity contribution is -0.117. The van der Waals surface area contributed by atoms with E-state index in [0.29, 0.717) is 16.5 Å². The van der Waals surface area contributed by atoms with Crippen LogP contribution in [0, 0.1) is 6.92 Å². The van der Waals surface area contributed by atoms with E-state index < -0.39 is 11.7 Å². The Kier molecular flexibility index (Phi) is 4.63. The number of carbonyl (C=O) groups is 1. The van der Waals surface area contributed by atoms with E-state index >= 15 is 0 Å². The average molecular weight is 358 g/mol. The number of aliphatic hydroxyl groups excluding tert-OH is 1. The standard InChI is InChI=1S/C20H22O6/c1-9-5-13(22)6-17(25-9)15-7-14-18(26-20(15)24)8-16(23)11(3)19(14)10(2)12(4)21/h6-10,12,21,23H,5H2,1-4H3. The number of hydrogen-bond acceptors (Lipinski definition) is 6. The summed E-state index contributed by atoms with van der Waals surface area (Å²) in [4.78, 5) is 24.3. The number of fused-ring (bicyclic) bond motifs is 1. The first kappa shape index (κ1) is 18.2. The summed E-state index contributed by atoms with van der Waals surface area (Å²) in [5.74, 6) is -0.233. The highest BCUT2D eigenvalue weighted by molar-refractivity contribution is 5.98. The molecule has 1 aliphatic heterocycles. The summed E-state index contributed by atoms with van der Waals surface area (Å²) < 4.78 is 11.0. The second-order valence-electron chi connectivity index (χ2n) is 6.93. The lowest BCUT2D eigenvalue weighted by Gasteiger charge is -2.22. The normalized spacial score (nSPS) is 19.8. The monoisotopic (exact) mass is 358 g/mol. The van der Waals surface area contributed by atoms with Crippen LogP contribution >= 0.6 is 0 Å². The van der Waals surface area contributed by atoms with Crippen LogP contribution in [0.3, 0.4) is 0 Å². The first-order valence-electron chi connectivity index (χ1n) is 8.59. The first-order chi connectivity index (χ1) is 12.2. The predicted octanol–water partition coefficient (Wildman–Crippen LogP) is 3.01. The van der Waals surface area contributed by atoms with Gasteiger partial charge in [-0.05, 0) is 38.0 Å². The van der Waals surface area contributed by atoms with Gasteiger partial charge in [-0.15, -0.1) is 0 Å². The van der Waals surface area contributed by atoms with E-state index in [2.05, 4.69) is 0 Å². The summed E-state index contributed by atoms with van der Waals surface area (Å²) in [5, 5.41) is 20.8. The van der Waals surface area contributed by atoms with Crippen molar-refractivity contribution in [3.8, 4) is 5.75 Å². The molecular weight excluding hydrogens is 336 g/mol. The highest BCUT2D eigenvalue weighted by atomic mass is 16.5. The van der Waals surface area contributed by atoms with Crippen molar-refractivity contribution in [3.63, 3.8) is 0 Å². The van der Waals surface area contributed by atoms with Gasteiger partial charge >= 0.3 is 5.63 Å². The Balaban J connectivity index is 2.30. The van der Waals surface area contributed by atoms with Gasteiger partial charge in [-0.3, -0.25) is 4.79 Å². The second kappa shape index (κ2) is 6.61. The van der Waals surface area contributed by atoms with Crippen molar-refractivity contribution in [1.82, 2.24) is 0 Å². The minimum absolute atomic E-state index is 0.00664. The van der Waals surface area contributed by atoms with Gasteiger partial charge in [-0.1, -0.05) is 6.92 Å². The molecule has 3 rings (SSSR count). The van der Waals surface area contributed by atoms with Crippen LogP contribution in [0.25, 0.3) is 16.7 Å². The third kappa shape index (κ3) is 3.12. The van der Waals surface area contributed by atoms with Gasteiger partial charge in [0.05, 0.1) is 6.10 Å². The first-order valence-corrected chi connectivity index (χ1v) is 8.59. The lowest BCUT2D eigenvalue weighted by Crippen LogP contribution is -2.21. The van der Waals surface area contributed by atoms with Crippen molar-refractivity contribution in [2.24, 2.45) is 0 Å². The van der Waals surface area contributed by atoms with Gasteiger partial charge in [0.1, 0.15) is 28.8 Å². The number of hydrogen-bond donors (Lipinski definition) is 2. The van der Waals surface area contributed by atoms with Gasteiger partial charge in [0.15, 0.2) is 5.78 Å². The zero-order valence-electron chi connectivity index (χ0n) is 15.2. The third-order valence-corrected chi connectivity index (χ3v) is 4.88. The van der Waals surface area contributed by atoms with Gasteiger partial charge in [-0.25, -0.2) is 4.79 Å². The molecule has 26 heavy (non-hydrogen) atoms. The Morgan fingerprint density at radius 3 is 2.54 bits per heavy atom. The number of allylic oxidation sites excluding steroid dienone is 1. The summed E-state index contributed by atoms with van der Waals surface area (Å²) in [5.41, 5.74) is 1.02. The maximum atomic E-state index is 12.4. The fourth-order valence-electron chi connectivity index (χ4n) is 3.30. The Morgan fingerprint density at radius 1 is 1.23 bits per heavy atom. The molecular formula is C20H22O6. The zero-order valence-corrected chi connectivity index (χ0v) is 15.2. The summed E-state index contributed by atoms with van der Waals surface area (Å²) in [6, 6.07) is 3.00. The lowest BCUT2D eigenvalue weighted by atomic mass is 9.88. The van der Waals surface area contributed by atoms with Gasteiger partial charge in [0, 0.05) is 29.9 Å². The number of phenolic OH excluding ortho intramolecular Hbond substituents is 1. The van der Waals surface area contributed by atoms with E-state index in [1.807, 2.05) is 6.92 Å². The van der Waals surface area contributed by atoms with E-state index in [0.717, 1.165) is 0 Å². The molecule has 0 saturated heterocycles. The zero-order chi connectivity index (χ0) is 19.2. The molecule has 6 heteroatoms. The molecule has 3 unspecified atom stereocenters. The van der Waals surface area contributed by atoms with Crippen LogP contribution < -0.4 is 5.63 Å². The van der Waals surface area contributed by atoms with Crippen molar-refractivity contribution in [3.05, 3.63) is 45.3 Å². The van der Waals surface area contributed by atoms with Crippen LogP contribution in [0.15, 0.2) is 27.4 Å². The number of carbonyl (C=O) groups excluding carboxylic acids is 1. The molecule has 0 aliphatic carbocycles. The third-order valence-electron chi connectivity index (χ3n) is 4.88. The highest BCUT2D eigenvalue weighted by Gasteiger charge is 2.25. The largest absolute Gasteiger partial charge is 0.508 e. The van der Waals surface area contributed by atoms with Gasteiger partial charge in [0.25, 0.3) is 0 Å². The molecule has 0 saturated carbocycles. The van der Waals surface area contributed by atoms with Crippen molar-refractivity contribution >= 4 is 22.5 Å². The Hall–Kier alpha value is -2.60. The number of ketones is 1. The molecule has 2 N–H and O–H groups in total. The molecule has 0 bridgehead atoms. The Labute approximate surface area is 150 Å². The van der Waals surface area contributed by atoms with Gasteiger partial charge < -0.3 is 19.4 Å². The summed E-state index contributed by atoms with van der Waals surface area (Å²) >= 11 is 0.